The van der Waals surface area contributed by atoms with Gasteiger partial charge in [0.25, 0.3) is 0 Å². The molecule has 4 N–H and O–H groups in total. The van der Waals surface area contributed by atoms with Gasteiger partial charge >= 0.3 is 6.03 Å². The standard InChI is InChI=1S/C18H36N6O/c1-2-3-12-15-19-18(25)20-16-13-10-8-6-4-5-7-9-11-14-17-21-23-24-22-17/h4,6,17H,2-3,5,7-16H2,1H3,(H,21,24)(H,22,23)(H2,19,20,25)/b6-4+. The molecule has 0 aliphatic carbocycles. The highest BCUT2D eigenvalue weighted by Gasteiger charge is 2.08. The van der Waals surface area contributed by atoms with Gasteiger partial charge in [-0.15, -0.1) is 5.11 Å². The van der Waals surface area contributed by atoms with Crippen molar-refractivity contribution in [3.63, 3.8) is 0 Å². The minimum Gasteiger partial charge on any atom is -0.338 e. The highest BCUT2D eigenvalue weighted by molar-refractivity contribution is 5.73. The molecular weight excluding hydrogens is 316 g/mol. The zero-order chi connectivity index (χ0) is 18.0. The van der Waals surface area contributed by atoms with Crippen LogP contribution in [0.3, 0.4) is 0 Å². The van der Waals surface area contributed by atoms with Gasteiger partial charge < -0.3 is 10.6 Å². The number of nitrogens with zero attached hydrogens (tertiary/aromatic N) is 2. The quantitative estimate of drug-likeness (QED) is 0.266. The maximum absolute atomic E-state index is 11.5. The lowest BCUT2D eigenvalue weighted by atomic mass is 10.1. The van der Waals surface area contributed by atoms with Crippen LogP contribution in [0.1, 0.15) is 77.6 Å². The molecule has 1 unspecified atom stereocenters. The van der Waals surface area contributed by atoms with E-state index < -0.39 is 0 Å². The monoisotopic (exact) mass is 352 g/mol. The first-order valence-electron chi connectivity index (χ1n) is 9.90. The van der Waals surface area contributed by atoms with E-state index in [1.54, 1.807) is 0 Å². The molecular formula is C18H36N6O. The van der Waals surface area contributed by atoms with Crippen LogP contribution in [-0.4, -0.2) is 25.3 Å². The summed E-state index contributed by atoms with van der Waals surface area (Å²) in [5, 5.41) is 13.5. The van der Waals surface area contributed by atoms with E-state index in [-0.39, 0.29) is 12.2 Å². The van der Waals surface area contributed by atoms with Crippen molar-refractivity contribution in [2.45, 2.75) is 83.7 Å². The summed E-state index contributed by atoms with van der Waals surface area (Å²) < 4.78 is 0. The molecule has 0 bridgehead atoms. The first kappa shape index (κ1) is 21.4. The minimum absolute atomic E-state index is 0.0308. The Labute approximate surface area is 152 Å². The Morgan fingerprint density at radius 1 is 0.960 bits per heavy atom. The Bertz CT molecular complexity index is 386. The van der Waals surface area contributed by atoms with E-state index >= 15 is 0 Å². The first-order chi connectivity index (χ1) is 12.3. The Morgan fingerprint density at radius 3 is 2.28 bits per heavy atom. The molecule has 0 aromatic rings. The molecule has 1 atom stereocenters. The molecule has 144 valence electrons. The maximum Gasteiger partial charge on any atom is 0.314 e. The highest BCUT2D eigenvalue weighted by Crippen LogP contribution is 2.09. The molecule has 25 heavy (non-hydrogen) atoms. The van der Waals surface area contributed by atoms with Crippen LogP contribution in [0.25, 0.3) is 0 Å². The predicted octanol–water partition coefficient (Wildman–Crippen LogP) is 3.95. The number of amides is 2. The Morgan fingerprint density at radius 2 is 1.64 bits per heavy atom. The third-order valence-electron chi connectivity index (χ3n) is 4.14. The summed E-state index contributed by atoms with van der Waals surface area (Å²) in [7, 11) is 0. The normalized spacial score (nSPS) is 16.3. The van der Waals surface area contributed by atoms with E-state index in [2.05, 4.69) is 51.0 Å². The molecule has 0 aromatic heterocycles. The summed E-state index contributed by atoms with van der Waals surface area (Å²) in [6.45, 7) is 3.70. The SMILES string of the molecule is CCCCCNC(=O)NCCCC/C=C/CCCCCC1N=NNN1. The Hall–Kier alpha value is -1.63. The van der Waals surface area contributed by atoms with Gasteiger partial charge in [0, 0.05) is 13.1 Å². The van der Waals surface area contributed by atoms with E-state index in [9.17, 15) is 4.79 Å². The van der Waals surface area contributed by atoms with Crippen LogP contribution in [0.15, 0.2) is 22.5 Å². The van der Waals surface area contributed by atoms with Gasteiger partial charge in [-0.25, -0.2) is 10.3 Å². The number of rotatable bonds is 15. The van der Waals surface area contributed by atoms with Gasteiger partial charge in [0.2, 0.25) is 0 Å². The topological polar surface area (TPSA) is 89.9 Å². The fourth-order valence-corrected chi connectivity index (χ4v) is 2.60. The van der Waals surface area contributed by atoms with E-state index in [0.717, 1.165) is 51.6 Å². The highest BCUT2D eigenvalue weighted by atomic mass is 16.2. The van der Waals surface area contributed by atoms with Crippen molar-refractivity contribution in [1.29, 1.82) is 0 Å². The average molecular weight is 353 g/mol. The molecule has 1 aliphatic rings. The predicted molar refractivity (Wildman–Crippen MR) is 102 cm³/mol. The van der Waals surface area contributed by atoms with Crippen molar-refractivity contribution in [1.82, 2.24) is 21.6 Å². The average Bonchev–Trinajstić information content (AvgIpc) is 3.13. The lowest BCUT2D eigenvalue weighted by Gasteiger charge is -2.06. The second-order valence-corrected chi connectivity index (χ2v) is 6.48. The van der Waals surface area contributed by atoms with Gasteiger partial charge in [0.1, 0.15) is 6.17 Å². The minimum atomic E-state index is -0.0308. The lowest BCUT2D eigenvalue weighted by Crippen LogP contribution is -2.36. The number of unbranched alkanes of at least 4 members (excludes halogenated alkanes) is 7. The molecule has 0 aromatic carbocycles. The van der Waals surface area contributed by atoms with Crippen molar-refractivity contribution in [3.05, 3.63) is 12.2 Å². The number of nitrogens with one attached hydrogen (secondary N) is 4. The summed E-state index contributed by atoms with van der Waals surface area (Å²) in [5.41, 5.74) is 5.64. The number of carbonyl (C=O) groups excluding carboxylic acids is 1. The van der Waals surface area contributed by atoms with Crippen LogP contribution in [0, 0.1) is 0 Å². The second-order valence-electron chi connectivity index (χ2n) is 6.48. The molecule has 2 amide bonds. The van der Waals surface area contributed by atoms with Crippen molar-refractivity contribution < 1.29 is 4.79 Å². The summed E-state index contributed by atoms with van der Waals surface area (Å²) in [6.07, 6.45) is 17.2. The van der Waals surface area contributed by atoms with Gasteiger partial charge in [0.15, 0.2) is 0 Å². The fraction of sp³-hybridized carbons (Fsp3) is 0.833. The molecule has 0 radical (unpaired) electrons. The molecule has 0 saturated carbocycles. The van der Waals surface area contributed by atoms with E-state index in [4.69, 9.17) is 0 Å². The van der Waals surface area contributed by atoms with Crippen LogP contribution in [-0.2, 0) is 0 Å². The van der Waals surface area contributed by atoms with Gasteiger partial charge in [-0.3, -0.25) is 0 Å². The lowest BCUT2D eigenvalue weighted by molar-refractivity contribution is 0.240. The molecule has 0 spiro atoms. The summed E-state index contributed by atoms with van der Waals surface area (Å²) >= 11 is 0. The van der Waals surface area contributed by atoms with Crippen molar-refractivity contribution in [2.75, 3.05) is 13.1 Å². The van der Waals surface area contributed by atoms with Crippen LogP contribution in [0.4, 0.5) is 4.79 Å². The maximum atomic E-state index is 11.5. The molecule has 0 saturated heterocycles. The van der Waals surface area contributed by atoms with Gasteiger partial charge in [-0.05, 0) is 51.4 Å². The fourth-order valence-electron chi connectivity index (χ4n) is 2.60. The number of allylic oxidation sites excluding steroid dienone is 2. The first-order valence-corrected chi connectivity index (χ1v) is 9.90. The molecule has 1 aliphatic heterocycles. The number of hydrogen-bond donors (Lipinski definition) is 4. The van der Waals surface area contributed by atoms with E-state index in [1.165, 1.54) is 32.1 Å². The van der Waals surface area contributed by atoms with Crippen LogP contribution in [0.2, 0.25) is 0 Å². The molecule has 7 heteroatoms. The zero-order valence-corrected chi connectivity index (χ0v) is 15.7. The smallest absolute Gasteiger partial charge is 0.314 e. The Kier molecular flexibility index (Phi) is 13.6. The number of hydrazine groups is 1. The number of hydrogen-bond acceptors (Lipinski definition) is 5. The van der Waals surface area contributed by atoms with Crippen molar-refractivity contribution in [3.8, 4) is 0 Å². The van der Waals surface area contributed by atoms with Crippen LogP contribution in [0.5, 0.6) is 0 Å². The number of carbonyl (C=O) groups is 1. The van der Waals surface area contributed by atoms with Gasteiger partial charge in [0.05, 0.1) is 0 Å². The largest absolute Gasteiger partial charge is 0.338 e. The van der Waals surface area contributed by atoms with Gasteiger partial charge in [-0.1, -0.05) is 43.6 Å². The zero-order valence-electron chi connectivity index (χ0n) is 15.7. The van der Waals surface area contributed by atoms with Gasteiger partial charge in [-0.2, -0.15) is 5.43 Å². The van der Waals surface area contributed by atoms with E-state index in [1.807, 2.05) is 0 Å². The third kappa shape index (κ3) is 13.3. The second kappa shape index (κ2) is 15.9. The third-order valence-corrected chi connectivity index (χ3v) is 4.14. The number of urea groups is 1. The summed E-state index contributed by atoms with van der Waals surface area (Å²) in [5.74, 6) is 0. The van der Waals surface area contributed by atoms with Crippen LogP contribution < -0.4 is 21.6 Å². The van der Waals surface area contributed by atoms with Crippen LogP contribution >= 0.6 is 0 Å². The van der Waals surface area contributed by atoms with E-state index in [0.29, 0.717) is 0 Å². The van der Waals surface area contributed by atoms with Crippen molar-refractivity contribution in [2.24, 2.45) is 10.3 Å². The summed E-state index contributed by atoms with van der Waals surface area (Å²) in [6, 6.07) is -0.0308. The molecule has 1 heterocycles. The summed E-state index contributed by atoms with van der Waals surface area (Å²) in [4.78, 5) is 11.5. The Balaban J connectivity index is 1.77. The molecule has 7 nitrogen and oxygen atoms in total. The molecule has 1 rings (SSSR count). The van der Waals surface area contributed by atoms with Crippen molar-refractivity contribution >= 4 is 6.03 Å². The molecule has 0 fully saturated rings.